The molecule has 1 aromatic carbocycles. The molecule has 0 fully saturated rings. The minimum absolute atomic E-state index is 0.0628. The molecule has 0 heterocycles. The smallest absolute Gasteiger partial charge is 0.303 e. The second kappa shape index (κ2) is 19.8. The normalized spacial score (nSPS) is 10.2. The third-order valence-electron chi connectivity index (χ3n) is 3.53. The van der Waals surface area contributed by atoms with Gasteiger partial charge in [-0.2, -0.15) is 0 Å². The van der Waals surface area contributed by atoms with Gasteiger partial charge in [-0.05, 0) is 24.8 Å². The van der Waals surface area contributed by atoms with E-state index < -0.39 is 11.9 Å². The average molecular weight is 398 g/mol. The Morgan fingerprint density at radius 1 is 0.750 bits per heavy atom. The first-order chi connectivity index (χ1) is 13.6. The SMILES string of the molecule is CCCCOCCOCCOCc1ccccc1.O=C(O)CCCCC(=O)O. The lowest BCUT2D eigenvalue weighted by Gasteiger charge is -2.06. The van der Waals surface area contributed by atoms with Crippen LogP contribution in [0.15, 0.2) is 30.3 Å². The quantitative estimate of drug-likeness (QED) is 0.409. The highest BCUT2D eigenvalue weighted by Crippen LogP contribution is 2.00. The highest BCUT2D eigenvalue weighted by atomic mass is 16.5. The lowest BCUT2D eigenvalue weighted by Crippen LogP contribution is -2.09. The third kappa shape index (κ3) is 20.4. The summed E-state index contributed by atoms with van der Waals surface area (Å²) < 4.78 is 16.3. The molecule has 0 aliphatic rings. The van der Waals surface area contributed by atoms with E-state index in [9.17, 15) is 9.59 Å². The molecular weight excluding hydrogens is 364 g/mol. The van der Waals surface area contributed by atoms with Gasteiger partial charge in [-0.15, -0.1) is 0 Å². The maximum Gasteiger partial charge on any atom is 0.303 e. The molecule has 0 saturated carbocycles. The van der Waals surface area contributed by atoms with Crippen molar-refractivity contribution in [3.63, 3.8) is 0 Å². The molecule has 0 amide bonds. The van der Waals surface area contributed by atoms with Gasteiger partial charge < -0.3 is 24.4 Å². The zero-order chi connectivity index (χ0) is 20.9. The summed E-state index contributed by atoms with van der Waals surface area (Å²) in [5.74, 6) is -1.74. The van der Waals surface area contributed by atoms with E-state index >= 15 is 0 Å². The van der Waals surface area contributed by atoms with Crippen molar-refractivity contribution in [1.82, 2.24) is 0 Å². The number of unbranched alkanes of at least 4 members (excludes halogenated alkanes) is 2. The maximum absolute atomic E-state index is 9.90. The fourth-order valence-corrected chi connectivity index (χ4v) is 2.00. The van der Waals surface area contributed by atoms with Crippen LogP contribution in [0.25, 0.3) is 0 Å². The number of carbonyl (C=O) groups is 2. The molecule has 0 aliphatic heterocycles. The first-order valence-electron chi connectivity index (χ1n) is 9.77. The Labute approximate surface area is 167 Å². The van der Waals surface area contributed by atoms with E-state index in [2.05, 4.69) is 19.1 Å². The molecule has 0 atom stereocenters. The Morgan fingerprint density at radius 3 is 1.75 bits per heavy atom. The third-order valence-corrected chi connectivity index (χ3v) is 3.53. The second-order valence-corrected chi connectivity index (χ2v) is 6.11. The van der Waals surface area contributed by atoms with Crippen molar-refractivity contribution >= 4 is 11.9 Å². The van der Waals surface area contributed by atoms with Crippen molar-refractivity contribution < 1.29 is 34.0 Å². The first kappa shape index (κ1) is 26.0. The van der Waals surface area contributed by atoms with Gasteiger partial charge in [0.05, 0.1) is 33.0 Å². The lowest BCUT2D eigenvalue weighted by atomic mass is 10.2. The van der Waals surface area contributed by atoms with Crippen LogP contribution in [0.5, 0.6) is 0 Å². The standard InChI is InChI=1S/C15H24O3.C6H10O4/c1-2-3-9-16-10-11-17-12-13-18-14-15-7-5-4-6-8-15;7-5(8)3-1-2-4-6(9)10/h4-8H,2-3,9-14H2,1H3;1-4H2,(H,7,8)(H,9,10). The Hall–Kier alpha value is -1.96. The Bertz CT molecular complexity index is 475. The number of aliphatic carboxylic acids is 2. The summed E-state index contributed by atoms with van der Waals surface area (Å²) in [6.45, 7) is 6.23. The van der Waals surface area contributed by atoms with E-state index in [-0.39, 0.29) is 12.8 Å². The monoisotopic (exact) mass is 398 g/mol. The molecule has 0 aliphatic carbocycles. The Kier molecular flexibility index (Phi) is 18.4. The topological polar surface area (TPSA) is 102 Å². The van der Waals surface area contributed by atoms with E-state index in [0.29, 0.717) is 45.9 Å². The molecule has 7 nitrogen and oxygen atoms in total. The van der Waals surface area contributed by atoms with Crippen molar-refractivity contribution in [3.8, 4) is 0 Å². The minimum atomic E-state index is -0.870. The van der Waals surface area contributed by atoms with Crippen LogP contribution in [-0.4, -0.2) is 55.2 Å². The highest BCUT2D eigenvalue weighted by molar-refractivity contribution is 5.67. The van der Waals surface area contributed by atoms with Gasteiger partial charge in [0.15, 0.2) is 0 Å². The van der Waals surface area contributed by atoms with E-state index in [1.807, 2.05) is 18.2 Å². The number of rotatable bonds is 16. The molecule has 2 N–H and O–H groups in total. The number of ether oxygens (including phenoxy) is 3. The molecule has 0 spiro atoms. The number of benzene rings is 1. The van der Waals surface area contributed by atoms with Crippen molar-refractivity contribution in [2.45, 2.75) is 52.1 Å². The number of hydrogen-bond donors (Lipinski definition) is 2. The van der Waals surface area contributed by atoms with Gasteiger partial charge >= 0.3 is 11.9 Å². The molecule has 28 heavy (non-hydrogen) atoms. The van der Waals surface area contributed by atoms with Gasteiger partial charge in [0.1, 0.15) is 0 Å². The fourth-order valence-electron chi connectivity index (χ4n) is 2.00. The molecular formula is C21H34O7. The van der Waals surface area contributed by atoms with Gasteiger partial charge in [-0.1, -0.05) is 43.7 Å². The minimum Gasteiger partial charge on any atom is -0.481 e. The van der Waals surface area contributed by atoms with Crippen LogP contribution in [0.1, 0.15) is 51.0 Å². The zero-order valence-corrected chi connectivity index (χ0v) is 16.8. The number of carboxylic acids is 2. The van der Waals surface area contributed by atoms with Crippen LogP contribution in [0.2, 0.25) is 0 Å². The molecule has 0 aromatic heterocycles. The second-order valence-electron chi connectivity index (χ2n) is 6.11. The summed E-state index contributed by atoms with van der Waals surface area (Å²) in [6.07, 6.45) is 3.32. The van der Waals surface area contributed by atoms with Crippen LogP contribution >= 0.6 is 0 Å². The van der Waals surface area contributed by atoms with Crippen LogP contribution in [-0.2, 0) is 30.4 Å². The summed E-state index contributed by atoms with van der Waals surface area (Å²) in [7, 11) is 0. The first-order valence-corrected chi connectivity index (χ1v) is 9.77. The van der Waals surface area contributed by atoms with Gasteiger partial charge in [0, 0.05) is 19.4 Å². The van der Waals surface area contributed by atoms with E-state index in [1.54, 1.807) is 0 Å². The molecule has 160 valence electrons. The molecule has 7 heteroatoms. The molecule has 0 saturated heterocycles. The molecule has 0 radical (unpaired) electrons. The van der Waals surface area contributed by atoms with E-state index in [1.165, 1.54) is 12.0 Å². The Balaban J connectivity index is 0.000000621. The molecule has 0 bridgehead atoms. The van der Waals surface area contributed by atoms with Crippen molar-refractivity contribution in [3.05, 3.63) is 35.9 Å². The summed E-state index contributed by atoms with van der Waals surface area (Å²) >= 11 is 0. The van der Waals surface area contributed by atoms with Crippen molar-refractivity contribution in [2.24, 2.45) is 0 Å². The van der Waals surface area contributed by atoms with Crippen LogP contribution < -0.4 is 0 Å². The average Bonchev–Trinajstić information content (AvgIpc) is 2.68. The number of carboxylic acid groups (broad SMARTS) is 2. The molecule has 1 rings (SSSR count). The van der Waals surface area contributed by atoms with Crippen molar-refractivity contribution in [1.29, 1.82) is 0 Å². The van der Waals surface area contributed by atoms with Gasteiger partial charge in [0.2, 0.25) is 0 Å². The maximum atomic E-state index is 9.90. The zero-order valence-electron chi connectivity index (χ0n) is 16.8. The van der Waals surface area contributed by atoms with Crippen LogP contribution in [0.3, 0.4) is 0 Å². The predicted molar refractivity (Wildman–Crippen MR) is 106 cm³/mol. The molecule has 0 unspecified atom stereocenters. The molecule has 1 aromatic rings. The van der Waals surface area contributed by atoms with Gasteiger partial charge in [0.25, 0.3) is 0 Å². The van der Waals surface area contributed by atoms with Crippen LogP contribution in [0, 0.1) is 0 Å². The largest absolute Gasteiger partial charge is 0.481 e. The fraction of sp³-hybridized carbons (Fsp3) is 0.619. The highest BCUT2D eigenvalue weighted by Gasteiger charge is 1.99. The van der Waals surface area contributed by atoms with Gasteiger partial charge in [-0.3, -0.25) is 9.59 Å². The predicted octanol–water partition coefficient (Wildman–Crippen LogP) is 3.75. The summed E-state index contributed by atoms with van der Waals surface area (Å²) in [5, 5.41) is 16.3. The Morgan fingerprint density at radius 2 is 1.25 bits per heavy atom. The van der Waals surface area contributed by atoms with E-state index in [0.717, 1.165) is 13.0 Å². The summed E-state index contributed by atoms with van der Waals surface area (Å²) in [6, 6.07) is 10.2. The summed E-state index contributed by atoms with van der Waals surface area (Å²) in [5.41, 5.74) is 1.19. The van der Waals surface area contributed by atoms with Gasteiger partial charge in [-0.25, -0.2) is 0 Å². The lowest BCUT2D eigenvalue weighted by molar-refractivity contribution is -0.139. The van der Waals surface area contributed by atoms with Crippen LogP contribution in [0.4, 0.5) is 0 Å². The van der Waals surface area contributed by atoms with E-state index in [4.69, 9.17) is 24.4 Å². The van der Waals surface area contributed by atoms with Crippen molar-refractivity contribution in [2.75, 3.05) is 33.0 Å². The summed E-state index contributed by atoms with van der Waals surface area (Å²) in [4.78, 5) is 19.8. The number of hydrogen-bond acceptors (Lipinski definition) is 5.